The highest BCUT2D eigenvalue weighted by Gasteiger charge is 2.08. The van der Waals surface area contributed by atoms with Crippen LogP contribution in [0.25, 0.3) is 11.0 Å². The molecule has 0 unspecified atom stereocenters. The monoisotopic (exact) mass is 342 g/mol. The number of aryl methyl sites for hydroxylation is 1. The van der Waals surface area contributed by atoms with E-state index in [0.717, 1.165) is 23.8 Å². The van der Waals surface area contributed by atoms with Gasteiger partial charge in [0.2, 0.25) is 0 Å². The van der Waals surface area contributed by atoms with Gasteiger partial charge in [0, 0.05) is 17.5 Å². The fourth-order valence-corrected chi connectivity index (χ4v) is 2.74. The van der Waals surface area contributed by atoms with Crippen molar-refractivity contribution in [1.82, 2.24) is 0 Å². The van der Waals surface area contributed by atoms with Crippen LogP contribution in [0.4, 0.5) is 4.39 Å². The summed E-state index contributed by atoms with van der Waals surface area (Å²) in [5.74, 6) is 0.317. The van der Waals surface area contributed by atoms with E-state index in [1.54, 1.807) is 18.2 Å². The van der Waals surface area contributed by atoms with Crippen molar-refractivity contribution in [2.24, 2.45) is 0 Å². The summed E-state index contributed by atoms with van der Waals surface area (Å²) in [6.07, 6.45) is 1.76. The molecule has 0 bridgehead atoms. The molecule has 0 N–H and O–H groups in total. The van der Waals surface area contributed by atoms with Gasteiger partial charge in [0.1, 0.15) is 17.9 Å². The zero-order valence-corrected chi connectivity index (χ0v) is 14.2. The number of fused-ring (bicyclic) bond motifs is 1. The van der Waals surface area contributed by atoms with E-state index in [1.807, 2.05) is 12.1 Å². The average Bonchev–Trinajstić information content (AvgIpc) is 2.60. The summed E-state index contributed by atoms with van der Waals surface area (Å²) >= 11 is 0. The predicted octanol–water partition coefficient (Wildman–Crippen LogP) is 4.47. The molecule has 0 amide bonds. The van der Waals surface area contributed by atoms with Crippen molar-refractivity contribution in [3.63, 3.8) is 0 Å². The van der Waals surface area contributed by atoms with Crippen LogP contribution in [0.2, 0.25) is 0 Å². The van der Waals surface area contributed by atoms with Gasteiger partial charge in [-0.25, -0.2) is 9.18 Å². The summed E-state index contributed by atoms with van der Waals surface area (Å²) in [7, 11) is 1.42. The Labute approximate surface area is 144 Å². The molecule has 0 radical (unpaired) electrons. The van der Waals surface area contributed by atoms with E-state index in [2.05, 4.69) is 6.92 Å². The van der Waals surface area contributed by atoms with Gasteiger partial charge in [-0.15, -0.1) is 0 Å². The minimum Gasteiger partial charge on any atom is -0.494 e. The molecule has 0 atom stereocenters. The predicted molar refractivity (Wildman–Crippen MR) is 93.8 cm³/mol. The van der Waals surface area contributed by atoms with Crippen molar-refractivity contribution in [2.75, 3.05) is 7.11 Å². The molecule has 1 aromatic heterocycles. The molecule has 0 aliphatic rings. The topological polar surface area (TPSA) is 48.7 Å². The number of halogens is 1. The van der Waals surface area contributed by atoms with Gasteiger partial charge in [0.15, 0.2) is 11.6 Å². The molecule has 25 heavy (non-hydrogen) atoms. The van der Waals surface area contributed by atoms with Crippen molar-refractivity contribution >= 4 is 11.0 Å². The van der Waals surface area contributed by atoms with E-state index in [9.17, 15) is 9.18 Å². The fourth-order valence-electron chi connectivity index (χ4n) is 2.74. The van der Waals surface area contributed by atoms with Crippen molar-refractivity contribution in [2.45, 2.75) is 26.4 Å². The lowest BCUT2D eigenvalue weighted by atomic mass is 10.1. The quantitative estimate of drug-likeness (QED) is 0.620. The van der Waals surface area contributed by atoms with Crippen LogP contribution in [0.5, 0.6) is 11.5 Å². The van der Waals surface area contributed by atoms with Gasteiger partial charge in [0.25, 0.3) is 0 Å². The Kier molecular flexibility index (Phi) is 5.03. The van der Waals surface area contributed by atoms with Crippen LogP contribution in [0.1, 0.15) is 24.5 Å². The zero-order chi connectivity index (χ0) is 17.8. The first-order valence-electron chi connectivity index (χ1n) is 8.12. The summed E-state index contributed by atoms with van der Waals surface area (Å²) in [4.78, 5) is 11.7. The van der Waals surface area contributed by atoms with Gasteiger partial charge in [-0.2, -0.15) is 0 Å². The van der Waals surface area contributed by atoms with Crippen LogP contribution < -0.4 is 15.1 Å². The summed E-state index contributed by atoms with van der Waals surface area (Å²) < 4.78 is 29.6. The van der Waals surface area contributed by atoms with E-state index >= 15 is 0 Å². The molecular weight excluding hydrogens is 323 g/mol. The number of rotatable bonds is 6. The van der Waals surface area contributed by atoms with E-state index in [-0.39, 0.29) is 18.0 Å². The van der Waals surface area contributed by atoms with Crippen LogP contribution in [0.3, 0.4) is 0 Å². The molecular formula is C20H19FO4. The van der Waals surface area contributed by atoms with Gasteiger partial charge in [-0.05, 0) is 41.8 Å². The highest BCUT2D eigenvalue weighted by atomic mass is 19.1. The first-order valence-corrected chi connectivity index (χ1v) is 8.12. The van der Waals surface area contributed by atoms with E-state index in [1.165, 1.54) is 19.2 Å². The molecule has 0 saturated carbocycles. The Morgan fingerprint density at radius 2 is 1.96 bits per heavy atom. The minimum atomic E-state index is -0.433. The molecule has 0 fully saturated rings. The average molecular weight is 342 g/mol. The lowest BCUT2D eigenvalue weighted by Gasteiger charge is -2.09. The highest BCUT2D eigenvalue weighted by Crippen LogP contribution is 2.25. The molecule has 1 heterocycles. The molecule has 2 aromatic carbocycles. The second-order valence-electron chi connectivity index (χ2n) is 5.76. The molecule has 3 aromatic rings. The molecule has 0 spiro atoms. The van der Waals surface area contributed by atoms with E-state index in [4.69, 9.17) is 13.9 Å². The zero-order valence-electron chi connectivity index (χ0n) is 14.2. The number of ether oxygens (including phenoxy) is 2. The van der Waals surface area contributed by atoms with E-state index in [0.29, 0.717) is 16.9 Å². The summed E-state index contributed by atoms with van der Waals surface area (Å²) in [5.41, 5.74) is 1.77. The third-order valence-corrected chi connectivity index (χ3v) is 3.94. The minimum absolute atomic E-state index is 0.194. The van der Waals surface area contributed by atoms with Gasteiger partial charge < -0.3 is 13.9 Å². The molecule has 130 valence electrons. The molecule has 4 nitrogen and oxygen atoms in total. The normalized spacial score (nSPS) is 10.8. The lowest BCUT2D eigenvalue weighted by Crippen LogP contribution is -2.01. The Balaban J connectivity index is 1.82. The van der Waals surface area contributed by atoms with Crippen LogP contribution in [0.15, 0.2) is 51.7 Å². The summed E-state index contributed by atoms with van der Waals surface area (Å²) in [6.45, 7) is 2.26. The SMILES string of the molecule is CCCc1cc(=O)oc2cc(OCc3ccc(OC)c(F)c3)ccc12. The number of hydrogen-bond donors (Lipinski definition) is 0. The van der Waals surface area contributed by atoms with Gasteiger partial charge in [-0.3, -0.25) is 0 Å². The van der Waals surface area contributed by atoms with Crippen molar-refractivity contribution < 1.29 is 18.3 Å². The highest BCUT2D eigenvalue weighted by molar-refractivity contribution is 5.81. The third kappa shape index (κ3) is 3.82. The standard InChI is InChI=1S/C20H19FO4/c1-3-4-14-10-20(22)25-19-11-15(6-7-16(14)19)24-12-13-5-8-18(23-2)17(21)9-13/h5-11H,3-4,12H2,1-2H3. The van der Waals surface area contributed by atoms with Gasteiger partial charge in [0.05, 0.1) is 7.11 Å². The Bertz CT molecular complexity index is 946. The largest absolute Gasteiger partial charge is 0.494 e. The molecule has 0 aliphatic heterocycles. The second kappa shape index (κ2) is 7.38. The number of hydrogen-bond acceptors (Lipinski definition) is 4. The maximum Gasteiger partial charge on any atom is 0.336 e. The lowest BCUT2D eigenvalue weighted by molar-refractivity contribution is 0.304. The Hall–Kier alpha value is -2.82. The first-order chi connectivity index (χ1) is 12.1. The summed E-state index contributed by atoms with van der Waals surface area (Å²) in [5, 5.41) is 0.907. The molecule has 5 heteroatoms. The maximum absolute atomic E-state index is 13.7. The maximum atomic E-state index is 13.7. The third-order valence-electron chi connectivity index (χ3n) is 3.94. The van der Waals surface area contributed by atoms with Crippen LogP contribution in [0, 0.1) is 5.82 Å². The number of methoxy groups -OCH3 is 1. The summed E-state index contributed by atoms with van der Waals surface area (Å²) in [6, 6.07) is 11.6. The molecule has 0 aliphatic carbocycles. The smallest absolute Gasteiger partial charge is 0.336 e. The van der Waals surface area contributed by atoms with Crippen LogP contribution in [-0.4, -0.2) is 7.11 Å². The van der Waals surface area contributed by atoms with Crippen molar-refractivity contribution in [3.8, 4) is 11.5 Å². The van der Waals surface area contributed by atoms with E-state index < -0.39 is 5.82 Å². The number of benzene rings is 2. The Morgan fingerprint density at radius 3 is 2.68 bits per heavy atom. The Morgan fingerprint density at radius 1 is 1.12 bits per heavy atom. The van der Waals surface area contributed by atoms with Crippen LogP contribution in [-0.2, 0) is 13.0 Å². The first kappa shape index (κ1) is 17.0. The fraction of sp³-hybridized carbons (Fsp3) is 0.250. The molecule has 3 rings (SSSR count). The molecule has 0 saturated heterocycles. The van der Waals surface area contributed by atoms with Crippen LogP contribution >= 0.6 is 0 Å². The second-order valence-corrected chi connectivity index (χ2v) is 5.76. The van der Waals surface area contributed by atoms with Gasteiger partial charge in [-0.1, -0.05) is 19.4 Å². The van der Waals surface area contributed by atoms with Gasteiger partial charge >= 0.3 is 5.63 Å². The van der Waals surface area contributed by atoms with Crippen molar-refractivity contribution in [1.29, 1.82) is 0 Å². The van der Waals surface area contributed by atoms with Crippen molar-refractivity contribution in [3.05, 3.63) is 69.8 Å².